The molecule has 3 aromatic heterocycles. The molecule has 10 aromatic rings. The van der Waals surface area contributed by atoms with Gasteiger partial charge in [-0.25, -0.2) is 19.9 Å². The molecule has 5 nitrogen and oxygen atoms in total. The van der Waals surface area contributed by atoms with Crippen molar-refractivity contribution in [3.8, 4) is 73.2 Å². The molecule has 11 rings (SSSR count). The highest BCUT2D eigenvalue weighted by molar-refractivity contribution is 6.08. The van der Waals surface area contributed by atoms with Crippen LogP contribution in [0.4, 0.5) is 0 Å². The minimum Gasteiger partial charge on any atom is -0.294 e. The van der Waals surface area contributed by atoms with E-state index in [1.807, 2.05) is 30.5 Å². The van der Waals surface area contributed by atoms with Crippen molar-refractivity contribution >= 4 is 21.9 Å². The summed E-state index contributed by atoms with van der Waals surface area (Å²) in [5, 5.41) is 2.34. The first-order valence-electron chi connectivity index (χ1n) is 19.7. The smallest absolute Gasteiger partial charge is 0.164 e. The first kappa shape index (κ1) is 33.8. The highest BCUT2D eigenvalue weighted by atomic mass is 15.0. The molecule has 0 saturated carbocycles. The number of rotatable bonds is 6. The van der Waals surface area contributed by atoms with Crippen molar-refractivity contribution in [3.05, 3.63) is 199 Å². The standard InChI is InChI=1S/C53H37N5/c1-53(2)46-33-40(58-47-26-13-12-22-42(47)44-25-15-29-54-52(44)58)27-28-41(46)43-23-14-24-45(48(43)53)51-56-49(36-20-10-5-11-21-36)55-50(57-51)39-31-37(34-16-6-3-7-17-34)30-38(32-39)35-18-8-4-9-19-35/h3-33H,1-2H3. The predicted octanol–water partition coefficient (Wildman–Crippen LogP) is 13.0. The van der Waals surface area contributed by atoms with Gasteiger partial charge in [-0.3, -0.25) is 4.57 Å². The second-order valence-corrected chi connectivity index (χ2v) is 15.5. The molecule has 0 atom stereocenters. The van der Waals surface area contributed by atoms with Crippen molar-refractivity contribution < 1.29 is 0 Å². The molecular formula is C53H37N5. The van der Waals surface area contributed by atoms with Crippen molar-refractivity contribution in [2.45, 2.75) is 19.3 Å². The summed E-state index contributed by atoms with van der Waals surface area (Å²) in [5.74, 6) is 1.92. The Morgan fingerprint density at radius 3 is 1.69 bits per heavy atom. The predicted molar refractivity (Wildman–Crippen MR) is 237 cm³/mol. The Morgan fingerprint density at radius 2 is 0.983 bits per heavy atom. The third-order valence-corrected chi connectivity index (χ3v) is 11.7. The van der Waals surface area contributed by atoms with E-state index >= 15 is 0 Å². The Balaban J connectivity index is 1.10. The average molecular weight is 744 g/mol. The number of hydrogen-bond donors (Lipinski definition) is 0. The van der Waals surface area contributed by atoms with Crippen LogP contribution in [0.15, 0.2) is 188 Å². The fraction of sp³-hybridized carbons (Fsp3) is 0.0566. The second-order valence-electron chi connectivity index (χ2n) is 15.5. The molecule has 0 bridgehead atoms. The van der Waals surface area contributed by atoms with Crippen LogP contribution in [0.25, 0.3) is 95.2 Å². The van der Waals surface area contributed by atoms with Crippen molar-refractivity contribution in [1.82, 2.24) is 24.5 Å². The van der Waals surface area contributed by atoms with Crippen molar-refractivity contribution in [2.24, 2.45) is 0 Å². The molecule has 0 fully saturated rings. The van der Waals surface area contributed by atoms with Gasteiger partial charge in [-0.15, -0.1) is 0 Å². The molecule has 274 valence electrons. The zero-order chi connectivity index (χ0) is 38.8. The molecule has 0 N–H and O–H groups in total. The maximum absolute atomic E-state index is 5.37. The molecule has 0 saturated heterocycles. The van der Waals surface area contributed by atoms with Crippen LogP contribution in [0, 0.1) is 0 Å². The molecule has 0 aliphatic heterocycles. The highest BCUT2D eigenvalue weighted by Crippen LogP contribution is 2.52. The molecule has 0 unspecified atom stereocenters. The minimum absolute atomic E-state index is 0.364. The fourth-order valence-electron chi connectivity index (χ4n) is 8.94. The number of benzene rings is 7. The van der Waals surface area contributed by atoms with E-state index in [0.717, 1.165) is 61.2 Å². The summed E-state index contributed by atoms with van der Waals surface area (Å²) >= 11 is 0. The van der Waals surface area contributed by atoms with Gasteiger partial charge in [0, 0.05) is 44.8 Å². The summed E-state index contributed by atoms with van der Waals surface area (Å²) in [6, 6.07) is 64.1. The van der Waals surface area contributed by atoms with E-state index in [1.54, 1.807) is 0 Å². The molecular weight excluding hydrogens is 707 g/mol. The molecule has 7 aromatic carbocycles. The molecule has 58 heavy (non-hydrogen) atoms. The van der Waals surface area contributed by atoms with Crippen LogP contribution in [0.3, 0.4) is 0 Å². The summed E-state index contributed by atoms with van der Waals surface area (Å²) in [6.07, 6.45) is 1.88. The molecule has 5 heteroatoms. The molecule has 3 heterocycles. The van der Waals surface area contributed by atoms with Gasteiger partial charge in [0.2, 0.25) is 0 Å². The van der Waals surface area contributed by atoms with Crippen molar-refractivity contribution in [2.75, 3.05) is 0 Å². The summed E-state index contributed by atoms with van der Waals surface area (Å²) in [4.78, 5) is 20.7. The fourth-order valence-corrected chi connectivity index (χ4v) is 8.94. The number of para-hydroxylation sites is 1. The van der Waals surface area contributed by atoms with Crippen LogP contribution in [-0.4, -0.2) is 24.5 Å². The van der Waals surface area contributed by atoms with E-state index in [2.05, 4.69) is 176 Å². The quantitative estimate of drug-likeness (QED) is 0.170. The SMILES string of the molecule is CC1(C)c2cc(-n3c4ccccc4c4cccnc43)ccc2-c2cccc(-c3nc(-c4ccccc4)nc(-c4cc(-c5ccccc5)cc(-c5ccccc5)c4)n3)c21. The van der Waals surface area contributed by atoms with Crippen molar-refractivity contribution in [1.29, 1.82) is 0 Å². The van der Waals surface area contributed by atoms with E-state index in [1.165, 1.54) is 27.6 Å². The average Bonchev–Trinajstić information content (AvgIpc) is 3.75. The van der Waals surface area contributed by atoms with Gasteiger partial charge in [0.25, 0.3) is 0 Å². The van der Waals surface area contributed by atoms with Gasteiger partial charge in [-0.2, -0.15) is 0 Å². The van der Waals surface area contributed by atoms with Gasteiger partial charge >= 0.3 is 0 Å². The molecule has 1 aliphatic carbocycles. The first-order chi connectivity index (χ1) is 28.5. The lowest BCUT2D eigenvalue weighted by molar-refractivity contribution is 0.660. The Morgan fingerprint density at radius 1 is 0.414 bits per heavy atom. The zero-order valence-corrected chi connectivity index (χ0v) is 32.1. The van der Waals surface area contributed by atoms with Gasteiger partial charge in [-0.05, 0) is 93.0 Å². The summed E-state index contributed by atoms with van der Waals surface area (Å²) in [5.41, 5.74) is 15.1. The van der Waals surface area contributed by atoms with Crippen LogP contribution in [0.1, 0.15) is 25.0 Å². The Labute approximate surface area is 337 Å². The van der Waals surface area contributed by atoms with Gasteiger partial charge in [0.1, 0.15) is 5.65 Å². The van der Waals surface area contributed by atoms with E-state index in [0.29, 0.717) is 17.5 Å². The third-order valence-electron chi connectivity index (χ3n) is 11.7. The lowest BCUT2D eigenvalue weighted by atomic mass is 9.80. The normalized spacial score (nSPS) is 12.8. The first-order valence-corrected chi connectivity index (χ1v) is 19.7. The Bertz CT molecular complexity index is 3070. The number of pyridine rings is 1. The van der Waals surface area contributed by atoms with E-state index in [4.69, 9.17) is 19.9 Å². The second kappa shape index (κ2) is 13.3. The number of aromatic nitrogens is 5. The maximum atomic E-state index is 5.37. The topological polar surface area (TPSA) is 56.5 Å². The van der Waals surface area contributed by atoms with Crippen LogP contribution in [0.2, 0.25) is 0 Å². The van der Waals surface area contributed by atoms with Crippen molar-refractivity contribution in [3.63, 3.8) is 0 Å². The Hall–Kier alpha value is -7.50. The van der Waals surface area contributed by atoms with Gasteiger partial charge in [0.15, 0.2) is 17.5 Å². The minimum atomic E-state index is -0.364. The van der Waals surface area contributed by atoms with Crippen LogP contribution in [-0.2, 0) is 5.41 Å². The van der Waals surface area contributed by atoms with E-state index in [-0.39, 0.29) is 5.41 Å². The van der Waals surface area contributed by atoms with Crippen LogP contribution in [0.5, 0.6) is 0 Å². The van der Waals surface area contributed by atoms with Crippen LogP contribution < -0.4 is 0 Å². The van der Waals surface area contributed by atoms with Gasteiger partial charge in [-0.1, -0.05) is 147 Å². The lowest BCUT2D eigenvalue weighted by Crippen LogP contribution is -2.17. The maximum Gasteiger partial charge on any atom is 0.164 e. The van der Waals surface area contributed by atoms with Crippen LogP contribution >= 0.6 is 0 Å². The molecule has 0 amide bonds. The van der Waals surface area contributed by atoms with Gasteiger partial charge < -0.3 is 0 Å². The van der Waals surface area contributed by atoms with E-state index in [9.17, 15) is 0 Å². The number of nitrogens with zero attached hydrogens (tertiary/aromatic N) is 5. The summed E-state index contributed by atoms with van der Waals surface area (Å²) in [6.45, 7) is 4.65. The Kier molecular flexibility index (Phi) is 7.76. The molecule has 1 aliphatic rings. The number of fused-ring (bicyclic) bond motifs is 6. The molecule has 0 radical (unpaired) electrons. The zero-order valence-electron chi connectivity index (χ0n) is 32.1. The largest absolute Gasteiger partial charge is 0.294 e. The third kappa shape index (κ3) is 5.47. The summed E-state index contributed by atoms with van der Waals surface area (Å²) in [7, 11) is 0. The van der Waals surface area contributed by atoms with E-state index < -0.39 is 0 Å². The van der Waals surface area contributed by atoms with Gasteiger partial charge in [0.05, 0.1) is 5.52 Å². The number of hydrogen-bond acceptors (Lipinski definition) is 4. The monoisotopic (exact) mass is 743 g/mol. The lowest BCUT2D eigenvalue weighted by Gasteiger charge is -2.24. The highest BCUT2D eigenvalue weighted by Gasteiger charge is 2.39. The molecule has 0 spiro atoms. The summed E-state index contributed by atoms with van der Waals surface area (Å²) < 4.78 is 2.29.